The third-order valence-electron chi connectivity index (χ3n) is 5.31. The molecule has 1 aliphatic heterocycles. The van der Waals surface area contributed by atoms with E-state index in [4.69, 9.17) is 0 Å². The minimum atomic E-state index is -0.158. The normalized spacial score (nSPS) is 14.7. The molecule has 1 aromatic heterocycles. The molecule has 7 nitrogen and oxygen atoms in total. The number of likely N-dealkylation sites (tertiary alicyclic amines) is 1. The number of para-hydroxylation sites is 2. The van der Waals surface area contributed by atoms with E-state index in [1.165, 1.54) is 6.20 Å². The van der Waals surface area contributed by atoms with Crippen LogP contribution in [0.25, 0.3) is 10.9 Å². The molecule has 0 unspecified atom stereocenters. The summed E-state index contributed by atoms with van der Waals surface area (Å²) in [7, 11) is 0. The smallest absolute Gasteiger partial charge is 0.244 e. The molecule has 4 rings (SSSR count). The molecule has 2 heterocycles. The Bertz CT molecular complexity index is 1090. The molecule has 0 saturated carbocycles. The van der Waals surface area contributed by atoms with Crippen molar-refractivity contribution >= 4 is 28.4 Å². The minimum absolute atomic E-state index is 0.00336. The van der Waals surface area contributed by atoms with Crippen LogP contribution in [0.15, 0.2) is 65.6 Å². The molecule has 1 N–H and O–H groups in total. The summed E-state index contributed by atoms with van der Waals surface area (Å²) in [6, 6.07) is 16.5. The third-order valence-corrected chi connectivity index (χ3v) is 5.31. The van der Waals surface area contributed by atoms with Gasteiger partial charge in [-0.2, -0.15) is 5.10 Å². The first-order valence-corrected chi connectivity index (χ1v) is 9.70. The number of amides is 2. The topological polar surface area (TPSA) is 84.3 Å². The van der Waals surface area contributed by atoms with Crippen molar-refractivity contribution in [3.63, 3.8) is 0 Å². The van der Waals surface area contributed by atoms with Gasteiger partial charge in [-0.15, -0.1) is 0 Å². The highest BCUT2D eigenvalue weighted by atomic mass is 16.2. The second kappa shape index (κ2) is 8.26. The van der Waals surface area contributed by atoms with Gasteiger partial charge in [-0.05, 0) is 37.1 Å². The van der Waals surface area contributed by atoms with Crippen molar-refractivity contribution in [2.24, 2.45) is 5.92 Å². The number of nitrogens with one attached hydrogen (secondary N) is 1. The molecule has 0 atom stereocenters. The van der Waals surface area contributed by atoms with Gasteiger partial charge in [0, 0.05) is 30.1 Å². The van der Waals surface area contributed by atoms with E-state index in [1.807, 2.05) is 36.4 Å². The molecule has 0 aliphatic carbocycles. The fourth-order valence-corrected chi connectivity index (χ4v) is 3.67. The van der Waals surface area contributed by atoms with Gasteiger partial charge in [0.05, 0.1) is 11.7 Å². The van der Waals surface area contributed by atoms with Crippen LogP contribution in [-0.4, -0.2) is 39.6 Å². The van der Waals surface area contributed by atoms with Crippen LogP contribution >= 0.6 is 0 Å². The number of nitrogens with zero attached hydrogens (tertiary/aromatic N) is 3. The van der Waals surface area contributed by atoms with Gasteiger partial charge in [0.1, 0.15) is 6.54 Å². The number of carbonyl (C=O) groups is 2. The Balaban J connectivity index is 1.37. The number of anilines is 1. The molecular formula is C22H22N4O3. The van der Waals surface area contributed by atoms with Gasteiger partial charge >= 0.3 is 0 Å². The Morgan fingerprint density at radius 1 is 1.00 bits per heavy atom. The monoisotopic (exact) mass is 390 g/mol. The lowest BCUT2D eigenvalue weighted by Crippen LogP contribution is -2.43. The van der Waals surface area contributed by atoms with Crippen molar-refractivity contribution in [3.05, 3.63) is 71.0 Å². The molecule has 1 aliphatic rings. The van der Waals surface area contributed by atoms with Crippen LogP contribution in [0.2, 0.25) is 0 Å². The Kier molecular flexibility index (Phi) is 5.37. The van der Waals surface area contributed by atoms with E-state index in [0.29, 0.717) is 36.8 Å². The molecule has 148 valence electrons. The summed E-state index contributed by atoms with van der Waals surface area (Å²) in [5.41, 5.74) is 1.27. The van der Waals surface area contributed by atoms with Crippen LogP contribution in [0.5, 0.6) is 0 Å². The summed E-state index contributed by atoms with van der Waals surface area (Å²) < 4.78 is 1.56. The van der Waals surface area contributed by atoms with E-state index in [-0.39, 0.29) is 29.7 Å². The van der Waals surface area contributed by atoms with E-state index in [1.54, 1.807) is 27.8 Å². The molecule has 2 amide bonds. The highest BCUT2D eigenvalue weighted by Crippen LogP contribution is 2.20. The lowest BCUT2D eigenvalue weighted by atomic mass is 9.95. The lowest BCUT2D eigenvalue weighted by Gasteiger charge is -2.31. The second-order valence-corrected chi connectivity index (χ2v) is 7.19. The van der Waals surface area contributed by atoms with Crippen LogP contribution in [0.3, 0.4) is 0 Å². The van der Waals surface area contributed by atoms with Crippen molar-refractivity contribution in [3.8, 4) is 0 Å². The Hall–Kier alpha value is -3.48. The first-order chi connectivity index (χ1) is 14.1. The summed E-state index contributed by atoms with van der Waals surface area (Å²) in [5.74, 6) is -0.171. The average molecular weight is 390 g/mol. The van der Waals surface area contributed by atoms with Gasteiger partial charge in [-0.3, -0.25) is 19.1 Å². The zero-order chi connectivity index (χ0) is 20.2. The summed E-state index contributed by atoms with van der Waals surface area (Å²) in [4.78, 5) is 38.9. The summed E-state index contributed by atoms with van der Waals surface area (Å²) in [6.45, 7) is 1.13. The van der Waals surface area contributed by atoms with Crippen LogP contribution < -0.4 is 10.7 Å². The van der Waals surface area contributed by atoms with Gasteiger partial charge in [0.15, 0.2) is 0 Å². The predicted molar refractivity (Wildman–Crippen MR) is 110 cm³/mol. The number of aromatic nitrogens is 2. The van der Waals surface area contributed by atoms with Crippen molar-refractivity contribution in [1.82, 2.24) is 14.7 Å². The molecule has 1 fully saturated rings. The maximum Gasteiger partial charge on any atom is 0.244 e. The van der Waals surface area contributed by atoms with Crippen LogP contribution in [-0.2, 0) is 16.1 Å². The van der Waals surface area contributed by atoms with E-state index < -0.39 is 0 Å². The molecule has 7 heteroatoms. The van der Waals surface area contributed by atoms with Crippen LogP contribution in [0.4, 0.5) is 5.69 Å². The number of benzene rings is 2. The first kappa shape index (κ1) is 18.9. The first-order valence-electron chi connectivity index (χ1n) is 9.70. The quantitative estimate of drug-likeness (QED) is 0.741. The maximum atomic E-state index is 12.8. The van der Waals surface area contributed by atoms with Crippen molar-refractivity contribution < 1.29 is 9.59 Å². The third kappa shape index (κ3) is 4.18. The van der Waals surface area contributed by atoms with Gasteiger partial charge < -0.3 is 10.2 Å². The zero-order valence-corrected chi connectivity index (χ0v) is 16.0. The Labute approximate surface area is 167 Å². The molecule has 0 radical (unpaired) electrons. The minimum Gasteiger partial charge on any atom is -0.341 e. The molecule has 0 bridgehead atoms. The number of piperidine rings is 1. The lowest BCUT2D eigenvalue weighted by molar-refractivity contribution is -0.135. The van der Waals surface area contributed by atoms with E-state index >= 15 is 0 Å². The standard InChI is InChI=1S/C22H22N4O3/c27-20-14-23-26(19-9-5-4-8-18(19)20)15-21(28)25-12-10-16(11-13-25)22(29)24-17-6-2-1-3-7-17/h1-9,14,16H,10-13,15H2,(H,24,29). The summed E-state index contributed by atoms with van der Waals surface area (Å²) >= 11 is 0. The maximum absolute atomic E-state index is 12.8. The number of fused-ring (bicyclic) bond motifs is 1. The van der Waals surface area contributed by atoms with Crippen LogP contribution in [0.1, 0.15) is 12.8 Å². The highest BCUT2D eigenvalue weighted by Gasteiger charge is 2.27. The fourth-order valence-electron chi connectivity index (χ4n) is 3.67. The fraction of sp³-hybridized carbons (Fsp3) is 0.273. The predicted octanol–water partition coefficient (Wildman–Crippen LogP) is 2.27. The van der Waals surface area contributed by atoms with E-state index in [2.05, 4.69) is 10.4 Å². The Morgan fingerprint density at radius 2 is 1.69 bits per heavy atom. The number of hydrogen-bond acceptors (Lipinski definition) is 4. The molecule has 0 spiro atoms. The zero-order valence-electron chi connectivity index (χ0n) is 16.0. The van der Waals surface area contributed by atoms with E-state index in [0.717, 1.165) is 5.69 Å². The SMILES string of the molecule is O=C(Nc1ccccc1)C1CCN(C(=O)Cn2ncc(=O)c3ccccc32)CC1. The van der Waals surface area contributed by atoms with Gasteiger partial charge in [0.2, 0.25) is 17.2 Å². The summed E-state index contributed by atoms with van der Waals surface area (Å²) in [5, 5.41) is 7.61. The van der Waals surface area contributed by atoms with Gasteiger partial charge in [-0.1, -0.05) is 30.3 Å². The largest absolute Gasteiger partial charge is 0.341 e. The molecule has 29 heavy (non-hydrogen) atoms. The number of rotatable bonds is 4. The van der Waals surface area contributed by atoms with E-state index in [9.17, 15) is 14.4 Å². The van der Waals surface area contributed by atoms with Crippen molar-refractivity contribution in [2.75, 3.05) is 18.4 Å². The molecule has 3 aromatic rings. The Morgan fingerprint density at radius 3 is 2.45 bits per heavy atom. The van der Waals surface area contributed by atoms with Gasteiger partial charge in [0.25, 0.3) is 0 Å². The number of hydrogen-bond donors (Lipinski definition) is 1. The van der Waals surface area contributed by atoms with Crippen LogP contribution in [0, 0.1) is 5.92 Å². The summed E-state index contributed by atoms with van der Waals surface area (Å²) in [6.07, 6.45) is 2.50. The number of carbonyl (C=O) groups excluding carboxylic acids is 2. The molecule has 1 saturated heterocycles. The average Bonchev–Trinajstić information content (AvgIpc) is 2.76. The molecular weight excluding hydrogens is 368 g/mol. The van der Waals surface area contributed by atoms with Crippen molar-refractivity contribution in [2.45, 2.75) is 19.4 Å². The van der Waals surface area contributed by atoms with Crippen molar-refractivity contribution in [1.29, 1.82) is 0 Å². The highest BCUT2D eigenvalue weighted by molar-refractivity contribution is 5.92. The van der Waals surface area contributed by atoms with Gasteiger partial charge in [-0.25, -0.2) is 0 Å². The second-order valence-electron chi connectivity index (χ2n) is 7.19. The molecule has 2 aromatic carbocycles.